The Morgan fingerprint density at radius 1 is 1.64 bits per heavy atom. The third-order valence-electron chi connectivity index (χ3n) is 1.84. The summed E-state index contributed by atoms with van der Waals surface area (Å²) in [6.07, 6.45) is 1.75. The summed E-state index contributed by atoms with van der Waals surface area (Å²) in [5.41, 5.74) is 0.673. The number of methoxy groups -OCH3 is 1. The Hall–Kier alpha value is -1.65. The lowest BCUT2D eigenvalue weighted by molar-refractivity contribution is -0.141. The third-order valence-corrected chi connectivity index (χ3v) is 1.84. The molecule has 0 amide bonds. The van der Waals surface area contributed by atoms with Crippen LogP contribution in [0.5, 0.6) is 5.88 Å². The maximum atomic E-state index is 10.6. The Labute approximate surface area is 81.8 Å². The van der Waals surface area contributed by atoms with Gasteiger partial charge in [0, 0.05) is 18.2 Å². The quantitative estimate of drug-likeness (QED) is 0.769. The molecule has 0 saturated carbocycles. The highest BCUT2D eigenvalue weighted by Crippen LogP contribution is 2.10. The molecule has 5 heteroatoms. The molecule has 0 saturated heterocycles. The molecule has 76 valence electrons. The maximum absolute atomic E-state index is 10.6. The number of nitrogens with zero attached hydrogens (tertiary/aromatic N) is 2. The Morgan fingerprint density at radius 3 is 2.93 bits per heavy atom. The summed E-state index contributed by atoms with van der Waals surface area (Å²) < 4.78 is 4.90. The van der Waals surface area contributed by atoms with E-state index in [1.54, 1.807) is 13.0 Å². The highest BCUT2D eigenvalue weighted by molar-refractivity contribution is 5.69. The zero-order chi connectivity index (χ0) is 10.6. The van der Waals surface area contributed by atoms with Crippen molar-refractivity contribution >= 4 is 5.97 Å². The second-order valence-corrected chi connectivity index (χ2v) is 3.00. The molecule has 1 aromatic heterocycles. The van der Waals surface area contributed by atoms with Gasteiger partial charge in [-0.1, -0.05) is 6.92 Å². The molecular formula is C9H12N2O3. The summed E-state index contributed by atoms with van der Waals surface area (Å²) in [4.78, 5) is 18.4. The van der Waals surface area contributed by atoms with Gasteiger partial charge in [-0.2, -0.15) is 0 Å². The Morgan fingerprint density at radius 2 is 2.36 bits per heavy atom. The molecule has 5 nitrogen and oxygen atoms in total. The van der Waals surface area contributed by atoms with Crippen LogP contribution in [0.2, 0.25) is 0 Å². The largest absolute Gasteiger partial charge is 0.481 e. The number of hydrogen-bond donors (Lipinski definition) is 1. The molecular weight excluding hydrogens is 184 g/mol. The van der Waals surface area contributed by atoms with E-state index in [2.05, 4.69) is 9.97 Å². The lowest BCUT2D eigenvalue weighted by Gasteiger charge is -2.05. The predicted octanol–water partition coefficient (Wildman–Crippen LogP) is 0.748. The van der Waals surface area contributed by atoms with Crippen LogP contribution in [0.15, 0.2) is 12.4 Å². The number of aliphatic carboxylic acids is 1. The van der Waals surface area contributed by atoms with E-state index >= 15 is 0 Å². The van der Waals surface area contributed by atoms with Crippen LogP contribution >= 0.6 is 0 Å². The SMILES string of the molecule is COc1cc(CC(C)C(=O)O)ncn1. The molecule has 0 bridgehead atoms. The van der Waals surface area contributed by atoms with Gasteiger partial charge in [0.25, 0.3) is 0 Å². The molecule has 0 radical (unpaired) electrons. The van der Waals surface area contributed by atoms with Gasteiger partial charge < -0.3 is 9.84 Å². The maximum Gasteiger partial charge on any atom is 0.306 e. The van der Waals surface area contributed by atoms with E-state index < -0.39 is 11.9 Å². The fourth-order valence-electron chi connectivity index (χ4n) is 1.00. The van der Waals surface area contributed by atoms with E-state index in [0.29, 0.717) is 18.0 Å². The van der Waals surface area contributed by atoms with Crippen molar-refractivity contribution in [1.82, 2.24) is 9.97 Å². The molecule has 1 heterocycles. The van der Waals surface area contributed by atoms with Gasteiger partial charge in [0.15, 0.2) is 0 Å². The zero-order valence-electron chi connectivity index (χ0n) is 8.10. The van der Waals surface area contributed by atoms with Crippen molar-refractivity contribution in [3.63, 3.8) is 0 Å². The number of aromatic nitrogens is 2. The minimum atomic E-state index is -0.831. The lowest BCUT2D eigenvalue weighted by Crippen LogP contribution is -2.13. The Kier molecular flexibility index (Phi) is 3.39. The topological polar surface area (TPSA) is 72.3 Å². The van der Waals surface area contributed by atoms with Crippen molar-refractivity contribution < 1.29 is 14.6 Å². The summed E-state index contributed by atoms with van der Waals surface area (Å²) >= 11 is 0. The van der Waals surface area contributed by atoms with E-state index in [1.807, 2.05) is 0 Å². The Balaban J connectivity index is 2.71. The van der Waals surface area contributed by atoms with E-state index in [9.17, 15) is 4.79 Å². The number of ether oxygens (including phenoxy) is 1. The average Bonchev–Trinajstić information content (AvgIpc) is 2.18. The number of hydrogen-bond acceptors (Lipinski definition) is 4. The fourth-order valence-corrected chi connectivity index (χ4v) is 1.00. The van der Waals surface area contributed by atoms with E-state index in [-0.39, 0.29) is 0 Å². The van der Waals surface area contributed by atoms with E-state index in [1.165, 1.54) is 13.4 Å². The van der Waals surface area contributed by atoms with Crippen LogP contribution in [0.3, 0.4) is 0 Å². The summed E-state index contributed by atoms with van der Waals surface area (Å²) in [5, 5.41) is 8.70. The average molecular weight is 196 g/mol. The van der Waals surface area contributed by atoms with Gasteiger partial charge in [0.2, 0.25) is 5.88 Å². The molecule has 0 fully saturated rings. The highest BCUT2D eigenvalue weighted by Gasteiger charge is 2.12. The fraction of sp³-hybridized carbons (Fsp3) is 0.444. The van der Waals surface area contributed by atoms with Gasteiger partial charge in [-0.05, 0) is 0 Å². The zero-order valence-corrected chi connectivity index (χ0v) is 8.10. The molecule has 14 heavy (non-hydrogen) atoms. The number of rotatable bonds is 4. The predicted molar refractivity (Wildman–Crippen MR) is 49.1 cm³/mol. The molecule has 0 spiro atoms. The molecule has 1 atom stereocenters. The van der Waals surface area contributed by atoms with Gasteiger partial charge in [-0.3, -0.25) is 4.79 Å². The molecule has 0 aliphatic rings. The van der Waals surface area contributed by atoms with Gasteiger partial charge in [-0.15, -0.1) is 0 Å². The van der Waals surface area contributed by atoms with Crippen LogP contribution < -0.4 is 4.74 Å². The van der Waals surface area contributed by atoms with Crippen LogP contribution in [0.4, 0.5) is 0 Å². The number of carboxylic acids is 1. The smallest absolute Gasteiger partial charge is 0.306 e. The minimum Gasteiger partial charge on any atom is -0.481 e. The first kappa shape index (κ1) is 10.4. The van der Waals surface area contributed by atoms with Crippen LogP contribution in [0, 0.1) is 5.92 Å². The second-order valence-electron chi connectivity index (χ2n) is 3.00. The van der Waals surface area contributed by atoms with Crippen molar-refractivity contribution in [2.24, 2.45) is 5.92 Å². The first-order valence-electron chi connectivity index (χ1n) is 4.21. The third kappa shape index (κ3) is 2.69. The van der Waals surface area contributed by atoms with Gasteiger partial charge in [-0.25, -0.2) is 9.97 Å². The summed E-state index contributed by atoms with van der Waals surface area (Å²) in [6.45, 7) is 1.64. The molecule has 1 N–H and O–H groups in total. The molecule has 1 rings (SSSR count). The van der Waals surface area contributed by atoms with E-state index in [4.69, 9.17) is 9.84 Å². The van der Waals surface area contributed by atoms with Crippen LogP contribution in [0.1, 0.15) is 12.6 Å². The number of carboxylic acid groups (broad SMARTS) is 1. The molecule has 1 unspecified atom stereocenters. The lowest BCUT2D eigenvalue weighted by atomic mass is 10.1. The van der Waals surface area contributed by atoms with Gasteiger partial charge in [0.1, 0.15) is 6.33 Å². The van der Waals surface area contributed by atoms with Gasteiger partial charge in [0.05, 0.1) is 13.0 Å². The Bertz CT molecular complexity index is 328. The van der Waals surface area contributed by atoms with Gasteiger partial charge >= 0.3 is 5.97 Å². The molecule has 0 aliphatic heterocycles. The van der Waals surface area contributed by atoms with Crippen molar-refractivity contribution in [1.29, 1.82) is 0 Å². The van der Waals surface area contributed by atoms with Crippen LogP contribution in [0.25, 0.3) is 0 Å². The van der Waals surface area contributed by atoms with Crippen molar-refractivity contribution in [2.75, 3.05) is 7.11 Å². The number of carbonyl (C=O) groups is 1. The standard InChI is InChI=1S/C9H12N2O3/c1-6(9(12)13)3-7-4-8(14-2)11-5-10-7/h4-6H,3H2,1-2H3,(H,12,13). The molecule has 0 aromatic carbocycles. The molecule has 1 aromatic rings. The van der Waals surface area contributed by atoms with Crippen molar-refractivity contribution in [3.05, 3.63) is 18.1 Å². The first-order valence-corrected chi connectivity index (χ1v) is 4.21. The highest BCUT2D eigenvalue weighted by atomic mass is 16.5. The van der Waals surface area contributed by atoms with Crippen molar-refractivity contribution in [3.8, 4) is 5.88 Å². The summed E-state index contributed by atoms with van der Waals surface area (Å²) in [6, 6.07) is 1.64. The molecule has 0 aliphatic carbocycles. The monoisotopic (exact) mass is 196 g/mol. The second kappa shape index (κ2) is 4.55. The summed E-state index contributed by atoms with van der Waals surface area (Å²) in [5.74, 6) is -0.829. The first-order chi connectivity index (χ1) is 6.63. The summed E-state index contributed by atoms with van der Waals surface area (Å²) in [7, 11) is 1.51. The van der Waals surface area contributed by atoms with Crippen LogP contribution in [-0.2, 0) is 11.2 Å². The van der Waals surface area contributed by atoms with E-state index in [0.717, 1.165) is 0 Å². The normalized spacial score (nSPS) is 12.1. The van der Waals surface area contributed by atoms with Crippen LogP contribution in [-0.4, -0.2) is 28.2 Å². The van der Waals surface area contributed by atoms with Crippen molar-refractivity contribution in [2.45, 2.75) is 13.3 Å². The minimum absolute atomic E-state index is 0.383.